The van der Waals surface area contributed by atoms with E-state index in [1.54, 1.807) is 0 Å². The number of benzene rings is 2. The van der Waals surface area contributed by atoms with Crippen LogP contribution in [0.5, 0.6) is 11.5 Å². The molecule has 2 heterocycles. The third-order valence-corrected chi connectivity index (χ3v) is 6.16. The van der Waals surface area contributed by atoms with E-state index in [1.807, 2.05) is 56.3 Å². The Morgan fingerprint density at radius 3 is 2.69 bits per heavy atom. The van der Waals surface area contributed by atoms with Gasteiger partial charge in [0.2, 0.25) is 5.91 Å². The van der Waals surface area contributed by atoms with Crippen LogP contribution in [-0.4, -0.2) is 35.2 Å². The number of carbonyl (C=O) groups is 1. The van der Waals surface area contributed by atoms with Gasteiger partial charge in [0.1, 0.15) is 11.2 Å². The summed E-state index contributed by atoms with van der Waals surface area (Å²) in [7, 11) is 0. The van der Waals surface area contributed by atoms with Crippen molar-refractivity contribution < 1.29 is 14.3 Å². The van der Waals surface area contributed by atoms with Crippen molar-refractivity contribution in [2.24, 2.45) is 0 Å². The minimum Gasteiger partial charge on any atom is -0.490 e. The van der Waals surface area contributed by atoms with Crippen molar-refractivity contribution in [3.63, 3.8) is 0 Å². The predicted octanol–water partition coefficient (Wildman–Crippen LogP) is 3.77. The lowest BCUT2D eigenvalue weighted by atomic mass is 10.1. The summed E-state index contributed by atoms with van der Waals surface area (Å²) in [6.07, 6.45) is 2.09. The van der Waals surface area contributed by atoms with Gasteiger partial charge in [0.25, 0.3) is 5.56 Å². The van der Waals surface area contributed by atoms with Crippen molar-refractivity contribution in [2.75, 3.05) is 19.8 Å². The Morgan fingerprint density at radius 1 is 1.09 bits per heavy atom. The first kappa shape index (κ1) is 21.8. The maximum Gasteiger partial charge on any atom is 0.271 e. The molecule has 0 unspecified atom stereocenters. The van der Waals surface area contributed by atoms with Gasteiger partial charge in [-0.3, -0.25) is 14.2 Å². The van der Waals surface area contributed by atoms with E-state index >= 15 is 0 Å². The first-order valence-corrected chi connectivity index (χ1v) is 11.4. The van der Waals surface area contributed by atoms with Gasteiger partial charge in [0, 0.05) is 16.6 Å². The average molecular weight is 452 g/mol. The van der Waals surface area contributed by atoms with Crippen molar-refractivity contribution in [1.82, 2.24) is 14.9 Å². The second kappa shape index (κ2) is 9.82. The highest BCUT2D eigenvalue weighted by atomic mass is 32.1. The summed E-state index contributed by atoms with van der Waals surface area (Å²) < 4.78 is 14.2. The van der Waals surface area contributed by atoms with Crippen molar-refractivity contribution >= 4 is 37.5 Å². The number of hydrogen-bond acceptors (Lipinski definition) is 6. The monoisotopic (exact) mass is 451 g/mol. The highest BCUT2D eigenvalue weighted by Gasteiger charge is 2.13. The van der Waals surface area contributed by atoms with Crippen LogP contribution in [0.3, 0.4) is 0 Å². The van der Waals surface area contributed by atoms with E-state index in [0.717, 1.165) is 15.6 Å². The van der Waals surface area contributed by atoms with E-state index in [-0.39, 0.29) is 18.0 Å². The van der Waals surface area contributed by atoms with Gasteiger partial charge in [-0.2, -0.15) is 0 Å². The number of fused-ring (bicyclic) bond motifs is 3. The Bertz CT molecular complexity index is 1310. The normalized spacial score (nSPS) is 11.1. The molecule has 32 heavy (non-hydrogen) atoms. The van der Waals surface area contributed by atoms with E-state index in [2.05, 4.69) is 10.3 Å². The lowest BCUT2D eigenvalue weighted by molar-refractivity contribution is -0.121. The van der Waals surface area contributed by atoms with Crippen LogP contribution in [0.2, 0.25) is 0 Å². The third-order valence-electron chi connectivity index (χ3n) is 5.01. The number of amides is 1. The number of rotatable bonds is 9. The summed E-state index contributed by atoms with van der Waals surface area (Å²) in [6, 6.07) is 13.6. The van der Waals surface area contributed by atoms with Crippen LogP contribution in [-0.2, 0) is 17.8 Å². The van der Waals surface area contributed by atoms with Crippen LogP contribution in [0.1, 0.15) is 19.4 Å². The molecule has 0 aliphatic heterocycles. The predicted molar refractivity (Wildman–Crippen MR) is 127 cm³/mol. The maximum atomic E-state index is 12.8. The van der Waals surface area contributed by atoms with Gasteiger partial charge in [-0.25, -0.2) is 4.98 Å². The zero-order chi connectivity index (χ0) is 22.5. The number of ether oxygens (including phenoxy) is 2. The molecule has 1 N–H and O–H groups in total. The smallest absolute Gasteiger partial charge is 0.271 e. The molecule has 0 aliphatic carbocycles. The van der Waals surface area contributed by atoms with Gasteiger partial charge >= 0.3 is 0 Å². The lowest BCUT2D eigenvalue weighted by Crippen LogP contribution is -2.33. The molecule has 1 amide bonds. The highest BCUT2D eigenvalue weighted by Crippen LogP contribution is 2.30. The minimum absolute atomic E-state index is 0.0660. The second-order valence-corrected chi connectivity index (χ2v) is 8.25. The number of carbonyl (C=O) groups excluding carboxylic acids is 1. The molecule has 4 rings (SSSR count). The van der Waals surface area contributed by atoms with Crippen LogP contribution in [0.15, 0.2) is 53.6 Å². The fourth-order valence-corrected chi connectivity index (χ4v) is 4.64. The summed E-state index contributed by atoms with van der Waals surface area (Å²) in [6.45, 7) is 5.35. The third kappa shape index (κ3) is 4.60. The molecular formula is C24H25N3O4S. The first-order chi connectivity index (χ1) is 15.6. The number of thiophene rings is 1. The van der Waals surface area contributed by atoms with Gasteiger partial charge < -0.3 is 14.8 Å². The summed E-state index contributed by atoms with van der Waals surface area (Å²) in [5, 5.41) is 3.84. The molecule has 7 nitrogen and oxygen atoms in total. The van der Waals surface area contributed by atoms with Gasteiger partial charge in [0.15, 0.2) is 11.5 Å². The molecular weight excluding hydrogens is 426 g/mol. The fraction of sp³-hybridized carbons (Fsp3) is 0.292. The SMILES string of the molecule is CCOc1ccc(CCNC(=O)Cn2cnc3c(sc4ccccc43)c2=O)cc1OCC. The second-order valence-electron chi connectivity index (χ2n) is 7.20. The zero-order valence-corrected chi connectivity index (χ0v) is 18.9. The minimum atomic E-state index is -0.231. The summed E-state index contributed by atoms with van der Waals surface area (Å²) in [4.78, 5) is 29.7. The number of nitrogens with zero attached hydrogens (tertiary/aromatic N) is 2. The first-order valence-electron chi connectivity index (χ1n) is 10.6. The van der Waals surface area contributed by atoms with Crippen molar-refractivity contribution in [2.45, 2.75) is 26.8 Å². The molecule has 0 atom stereocenters. The molecule has 0 aliphatic rings. The molecule has 2 aromatic carbocycles. The number of hydrogen-bond donors (Lipinski definition) is 1. The van der Waals surface area contributed by atoms with E-state index in [0.29, 0.717) is 47.9 Å². The van der Waals surface area contributed by atoms with Crippen molar-refractivity contribution in [3.8, 4) is 11.5 Å². The Labute approximate surface area is 189 Å². The van der Waals surface area contributed by atoms with Crippen LogP contribution >= 0.6 is 11.3 Å². The molecule has 2 aromatic heterocycles. The Balaban J connectivity index is 1.39. The van der Waals surface area contributed by atoms with E-state index in [4.69, 9.17) is 9.47 Å². The molecule has 0 bridgehead atoms. The Morgan fingerprint density at radius 2 is 1.88 bits per heavy atom. The number of aromatic nitrogens is 2. The van der Waals surface area contributed by atoms with Gasteiger partial charge in [0.05, 0.1) is 25.1 Å². The van der Waals surface area contributed by atoms with Crippen molar-refractivity contribution in [1.29, 1.82) is 0 Å². The topological polar surface area (TPSA) is 82.5 Å². The lowest BCUT2D eigenvalue weighted by Gasteiger charge is -2.13. The van der Waals surface area contributed by atoms with Crippen LogP contribution in [0, 0.1) is 0 Å². The van der Waals surface area contributed by atoms with Crippen LogP contribution in [0.25, 0.3) is 20.3 Å². The molecule has 166 valence electrons. The van der Waals surface area contributed by atoms with E-state index in [1.165, 1.54) is 22.2 Å². The van der Waals surface area contributed by atoms with Crippen LogP contribution < -0.4 is 20.3 Å². The highest BCUT2D eigenvalue weighted by molar-refractivity contribution is 7.25. The molecule has 0 saturated heterocycles. The van der Waals surface area contributed by atoms with Gasteiger partial charge in [-0.1, -0.05) is 24.3 Å². The zero-order valence-electron chi connectivity index (χ0n) is 18.1. The Hall–Kier alpha value is -3.39. The summed E-state index contributed by atoms with van der Waals surface area (Å²) >= 11 is 1.40. The number of nitrogens with one attached hydrogen (secondary N) is 1. The summed E-state index contributed by atoms with van der Waals surface area (Å²) in [5.41, 5.74) is 1.52. The molecule has 8 heteroatoms. The van der Waals surface area contributed by atoms with Gasteiger partial charge in [-0.05, 0) is 44.0 Å². The quantitative estimate of drug-likeness (QED) is 0.419. The molecule has 0 saturated carbocycles. The molecule has 0 fully saturated rings. The standard InChI is InChI=1S/C24H25N3O4S/c1-3-30-18-10-9-16(13-19(18)31-4-2)11-12-25-21(28)14-27-15-26-22-17-7-5-6-8-20(17)32-23(22)24(27)29/h5-10,13,15H,3-4,11-12,14H2,1-2H3,(H,25,28). The van der Waals surface area contributed by atoms with E-state index in [9.17, 15) is 9.59 Å². The summed E-state index contributed by atoms with van der Waals surface area (Å²) in [5.74, 6) is 1.18. The average Bonchev–Trinajstić information content (AvgIpc) is 3.17. The Kier molecular flexibility index (Phi) is 6.70. The molecule has 0 spiro atoms. The molecule has 0 radical (unpaired) electrons. The van der Waals surface area contributed by atoms with Crippen molar-refractivity contribution in [3.05, 3.63) is 64.7 Å². The maximum absolute atomic E-state index is 12.8. The fourth-order valence-electron chi connectivity index (χ4n) is 3.54. The molecule has 4 aromatic rings. The van der Waals surface area contributed by atoms with Gasteiger partial charge in [-0.15, -0.1) is 11.3 Å². The van der Waals surface area contributed by atoms with Crippen LogP contribution in [0.4, 0.5) is 0 Å². The largest absolute Gasteiger partial charge is 0.490 e. The van der Waals surface area contributed by atoms with E-state index < -0.39 is 0 Å².